The molecule has 1 fully saturated rings. The fourth-order valence-corrected chi connectivity index (χ4v) is 1.64. The summed E-state index contributed by atoms with van der Waals surface area (Å²) in [5.41, 5.74) is 2.62. The minimum absolute atomic E-state index is 0.335. The first-order valence-electron chi connectivity index (χ1n) is 3.94. The van der Waals surface area contributed by atoms with Gasteiger partial charge in [0.2, 0.25) is 11.8 Å². The van der Waals surface area contributed by atoms with E-state index >= 15 is 0 Å². The number of carbonyl (C=O) groups excluding carboxylic acids is 2. The Hall–Kier alpha value is -1.14. The van der Waals surface area contributed by atoms with Gasteiger partial charge in [-0.25, -0.2) is 11.7 Å². The third kappa shape index (κ3) is 1.10. The number of amides is 2. The molecule has 0 heterocycles. The summed E-state index contributed by atoms with van der Waals surface area (Å²) < 4.78 is 0. The Morgan fingerprint density at radius 2 is 1.38 bits per heavy atom. The van der Waals surface area contributed by atoms with Crippen LogP contribution in [0.25, 0.3) is 0 Å². The van der Waals surface area contributed by atoms with Gasteiger partial charge >= 0.3 is 0 Å². The van der Waals surface area contributed by atoms with Crippen LogP contribution in [0.5, 0.6) is 0 Å². The summed E-state index contributed by atoms with van der Waals surface area (Å²) in [6, 6.07) is 0. The molecule has 1 rings (SSSR count). The summed E-state index contributed by atoms with van der Waals surface area (Å²) in [4.78, 5) is 22.5. The van der Waals surface area contributed by atoms with E-state index in [0.717, 1.165) is 0 Å². The Morgan fingerprint density at radius 1 is 1.08 bits per heavy atom. The quantitative estimate of drug-likeness (QED) is 0.236. The highest BCUT2D eigenvalue weighted by molar-refractivity contribution is 5.98. The second-order valence-corrected chi connectivity index (χ2v) is 3.79. The predicted molar refractivity (Wildman–Crippen MR) is 45.5 cm³/mol. The van der Waals surface area contributed by atoms with Crippen molar-refractivity contribution in [3.63, 3.8) is 0 Å². The van der Waals surface area contributed by atoms with Crippen LogP contribution in [0.1, 0.15) is 20.3 Å². The Bertz CT molecular complexity index is 241. The number of hydrazine groups is 2. The van der Waals surface area contributed by atoms with Crippen molar-refractivity contribution in [2.24, 2.45) is 22.5 Å². The van der Waals surface area contributed by atoms with E-state index in [1.807, 2.05) is 10.9 Å². The van der Waals surface area contributed by atoms with Crippen LogP contribution in [0.15, 0.2) is 0 Å². The average molecular weight is 186 g/mol. The van der Waals surface area contributed by atoms with Crippen molar-refractivity contribution in [2.45, 2.75) is 20.3 Å². The van der Waals surface area contributed by atoms with Gasteiger partial charge in [0.15, 0.2) is 0 Å². The molecule has 0 aromatic rings. The number of hydrogen-bond donors (Lipinski definition) is 4. The first kappa shape index (κ1) is 9.94. The topological polar surface area (TPSA) is 110 Å². The fraction of sp³-hybridized carbons (Fsp3) is 0.714. The molecule has 6 nitrogen and oxygen atoms in total. The highest BCUT2D eigenvalue weighted by Gasteiger charge is 2.69. The number of carbonyl (C=O) groups is 2. The molecule has 2 atom stereocenters. The molecule has 1 aliphatic carbocycles. The lowest BCUT2D eigenvalue weighted by atomic mass is 9.95. The number of rotatable bonds is 2. The summed E-state index contributed by atoms with van der Waals surface area (Å²) in [6.07, 6.45) is 0.464. The normalized spacial score (nSPS) is 36.6. The highest BCUT2D eigenvalue weighted by Crippen LogP contribution is 2.63. The van der Waals surface area contributed by atoms with Crippen LogP contribution >= 0.6 is 0 Å². The van der Waals surface area contributed by atoms with Gasteiger partial charge in [-0.05, 0) is 20.3 Å². The molecule has 2 amide bonds. The molecule has 0 aromatic heterocycles. The molecule has 1 aliphatic rings. The lowest BCUT2D eigenvalue weighted by Gasteiger charge is -2.15. The molecule has 0 radical (unpaired) electrons. The van der Waals surface area contributed by atoms with E-state index in [0.29, 0.717) is 6.42 Å². The lowest BCUT2D eigenvalue weighted by Crippen LogP contribution is -2.43. The molecule has 1 saturated carbocycles. The van der Waals surface area contributed by atoms with E-state index in [4.69, 9.17) is 11.7 Å². The zero-order valence-corrected chi connectivity index (χ0v) is 7.68. The van der Waals surface area contributed by atoms with Gasteiger partial charge in [-0.3, -0.25) is 20.4 Å². The van der Waals surface area contributed by atoms with Gasteiger partial charge in [0.25, 0.3) is 0 Å². The standard InChI is InChI=1S/C7H14N4O2/c1-6(4(12)10-8)3-7(6,2)5(13)11-9/h3,8-9H2,1-2H3,(H,10,12)(H,11,13)/t6-,7-/m0/s1. The van der Waals surface area contributed by atoms with Crippen LogP contribution in [0, 0.1) is 10.8 Å². The lowest BCUT2D eigenvalue weighted by molar-refractivity contribution is -0.133. The molecular weight excluding hydrogens is 172 g/mol. The van der Waals surface area contributed by atoms with Crippen LogP contribution in [-0.4, -0.2) is 11.8 Å². The highest BCUT2D eigenvalue weighted by atomic mass is 16.2. The second kappa shape index (κ2) is 2.68. The van der Waals surface area contributed by atoms with Gasteiger partial charge in [-0.1, -0.05) is 0 Å². The van der Waals surface area contributed by atoms with E-state index < -0.39 is 10.8 Å². The molecular formula is C7H14N4O2. The van der Waals surface area contributed by atoms with Crippen LogP contribution in [0.3, 0.4) is 0 Å². The summed E-state index contributed by atoms with van der Waals surface area (Å²) in [7, 11) is 0. The summed E-state index contributed by atoms with van der Waals surface area (Å²) in [5, 5.41) is 0. The van der Waals surface area contributed by atoms with Crippen molar-refractivity contribution in [3.8, 4) is 0 Å². The average Bonchev–Trinajstić information content (AvgIpc) is 2.69. The maximum absolute atomic E-state index is 11.3. The van der Waals surface area contributed by atoms with Crippen molar-refractivity contribution < 1.29 is 9.59 Å². The van der Waals surface area contributed by atoms with Gasteiger partial charge < -0.3 is 0 Å². The predicted octanol–water partition coefficient (Wildman–Crippen LogP) is -1.62. The monoisotopic (exact) mass is 186 g/mol. The molecule has 0 aliphatic heterocycles. The SMILES string of the molecule is C[C@@]1(C(=O)NN)C[C@@]1(C)C(=O)NN. The number of nitrogens with two attached hydrogens (primary N) is 2. The molecule has 0 bridgehead atoms. The summed E-state index contributed by atoms with van der Waals surface area (Å²) in [6.45, 7) is 3.37. The van der Waals surface area contributed by atoms with E-state index in [-0.39, 0.29) is 11.8 Å². The van der Waals surface area contributed by atoms with E-state index in [2.05, 4.69) is 0 Å². The van der Waals surface area contributed by atoms with E-state index in [9.17, 15) is 9.59 Å². The molecule has 13 heavy (non-hydrogen) atoms. The Balaban J connectivity index is 2.81. The third-order valence-corrected chi connectivity index (χ3v) is 3.06. The first-order valence-corrected chi connectivity index (χ1v) is 3.94. The number of nitrogens with one attached hydrogen (secondary N) is 2. The Kier molecular flexibility index (Phi) is 2.05. The molecule has 0 aromatic carbocycles. The van der Waals surface area contributed by atoms with Gasteiger partial charge in [0, 0.05) is 0 Å². The number of hydrogen-bond acceptors (Lipinski definition) is 4. The zero-order chi connectivity index (χ0) is 10.3. The molecule has 74 valence electrons. The van der Waals surface area contributed by atoms with Crippen molar-refractivity contribution in [3.05, 3.63) is 0 Å². The van der Waals surface area contributed by atoms with Crippen molar-refractivity contribution in [2.75, 3.05) is 0 Å². The maximum atomic E-state index is 11.3. The van der Waals surface area contributed by atoms with Crippen LogP contribution in [0.2, 0.25) is 0 Å². The largest absolute Gasteiger partial charge is 0.294 e. The Labute approximate surface area is 76.0 Å². The maximum Gasteiger partial charge on any atom is 0.240 e. The van der Waals surface area contributed by atoms with Gasteiger partial charge in [0.1, 0.15) is 0 Å². The van der Waals surface area contributed by atoms with Gasteiger partial charge in [0.05, 0.1) is 10.8 Å². The smallest absolute Gasteiger partial charge is 0.240 e. The van der Waals surface area contributed by atoms with Crippen LogP contribution < -0.4 is 22.5 Å². The van der Waals surface area contributed by atoms with Crippen LogP contribution in [-0.2, 0) is 9.59 Å². The second-order valence-electron chi connectivity index (χ2n) is 3.79. The van der Waals surface area contributed by atoms with E-state index in [1.165, 1.54) is 0 Å². The van der Waals surface area contributed by atoms with Crippen LogP contribution in [0.4, 0.5) is 0 Å². The van der Waals surface area contributed by atoms with Gasteiger partial charge in [-0.2, -0.15) is 0 Å². The van der Waals surface area contributed by atoms with E-state index in [1.54, 1.807) is 13.8 Å². The minimum atomic E-state index is -0.731. The molecule has 0 saturated heterocycles. The van der Waals surface area contributed by atoms with Gasteiger partial charge in [-0.15, -0.1) is 0 Å². The van der Waals surface area contributed by atoms with Crippen molar-refractivity contribution in [1.29, 1.82) is 0 Å². The Morgan fingerprint density at radius 3 is 1.62 bits per heavy atom. The summed E-state index contributed by atoms with van der Waals surface area (Å²) in [5.74, 6) is 9.33. The molecule has 0 spiro atoms. The minimum Gasteiger partial charge on any atom is -0.294 e. The zero-order valence-electron chi connectivity index (χ0n) is 7.68. The molecule has 6 N–H and O–H groups in total. The van der Waals surface area contributed by atoms with Crippen molar-refractivity contribution in [1.82, 2.24) is 10.9 Å². The van der Waals surface area contributed by atoms with Crippen molar-refractivity contribution >= 4 is 11.8 Å². The summed E-state index contributed by atoms with van der Waals surface area (Å²) >= 11 is 0. The molecule has 6 heteroatoms. The fourth-order valence-electron chi connectivity index (χ4n) is 1.64. The third-order valence-electron chi connectivity index (χ3n) is 3.06. The molecule has 0 unspecified atom stereocenters. The first-order chi connectivity index (χ1) is 5.92.